The molecule has 0 aromatic carbocycles. The molecule has 0 fully saturated rings. The van der Waals surface area contributed by atoms with Crippen LogP contribution in [0.5, 0.6) is 0 Å². The Labute approximate surface area is 278 Å². The third-order valence-corrected chi connectivity index (χ3v) is 10.7. The topological polar surface area (TPSA) is 181 Å². The zero-order valence-electron chi connectivity index (χ0n) is 27.0. The summed E-state index contributed by atoms with van der Waals surface area (Å²) in [5, 5.41) is 18.6. The molecule has 0 atom stereocenters. The van der Waals surface area contributed by atoms with Crippen LogP contribution in [0.25, 0.3) is 0 Å². The van der Waals surface area contributed by atoms with Crippen LogP contribution in [0.4, 0.5) is 22.4 Å². The molecule has 4 aromatic rings. The van der Waals surface area contributed by atoms with E-state index in [1.54, 1.807) is 20.8 Å². The number of alkyl halides is 4. The lowest BCUT2D eigenvalue weighted by atomic mass is 10.2. The van der Waals surface area contributed by atoms with Crippen molar-refractivity contribution >= 4 is 26.1 Å². The fraction of sp³-hybridized carbons (Fsp3) is 0.519. The summed E-state index contributed by atoms with van der Waals surface area (Å²) >= 11 is 0. The molecule has 1 amide bonds. The zero-order chi connectivity index (χ0) is 36.1. The Hall–Kier alpha value is -4.31. The molecule has 0 spiro atoms. The van der Waals surface area contributed by atoms with Crippen molar-refractivity contribution in [1.29, 1.82) is 0 Å². The molecule has 2 aliphatic rings. The lowest BCUT2D eigenvalue weighted by molar-refractivity contribution is 0.0239. The highest BCUT2D eigenvalue weighted by Gasteiger charge is 2.33. The minimum absolute atomic E-state index is 0.103. The van der Waals surface area contributed by atoms with Gasteiger partial charge in [0, 0.05) is 36.6 Å². The van der Waals surface area contributed by atoms with Crippen LogP contribution in [0.2, 0.25) is 0 Å². The van der Waals surface area contributed by atoms with E-state index in [0.29, 0.717) is 30.0 Å². The molecule has 1 N–H and O–H groups in total. The summed E-state index contributed by atoms with van der Waals surface area (Å²) in [4.78, 5) is 13.3. The van der Waals surface area contributed by atoms with Crippen molar-refractivity contribution in [3.8, 4) is 0 Å². The summed E-state index contributed by atoms with van der Waals surface area (Å²) in [6, 6.07) is 0. The first-order chi connectivity index (χ1) is 22.8. The minimum atomic E-state index is -4.09. The third kappa shape index (κ3) is 7.49. The molecule has 0 saturated carbocycles. The number of ether oxygens (including phenoxy) is 1. The van der Waals surface area contributed by atoms with Gasteiger partial charge in [0.2, 0.25) is 0 Å². The summed E-state index contributed by atoms with van der Waals surface area (Å²) in [5.74, 6) is 0. The largest absolute Gasteiger partial charge is 0.444 e. The molecule has 16 nitrogen and oxygen atoms in total. The number of halogens is 4. The van der Waals surface area contributed by atoms with Gasteiger partial charge in [0.1, 0.15) is 28.5 Å². The molecule has 2 aliphatic heterocycles. The van der Waals surface area contributed by atoms with Crippen molar-refractivity contribution in [1.82, 2.24) is 48.1 Å². The number of nitrogens with one attached hydrogen (secondary N) is 1. The van der Waals surface area contributed by atoms with E-state index in [2.05, 4.69) is 25.7 Å². The van der Waals surface area contributed by atoms with Crippen molar-refractivity contribution in [2.45, 2.75) is 102 Å². The van der Waals surface area contributed by atoms with Crippen LogP contribution in [0.15, 0.2) is 34.6 Å². The Kier molecular flexibility index (Phi) is 9.69. The van der Waals surface area contributed by atoms with Gasteiger partial charge in [0.15, 0.2) is 0 Å². The summed E-state index contributed by atoms with van der Waals surface area (Å²) in [5.41, 5.74) is 2.14. The average molecular weight is 735 g/mol. The number of fused-ring (bicyclic) bond motifs is 2. The summed E-state index contributed by atoms with van der Waals surface area (Å²) < 4.78 is 109. The van der Waals surface area contributed by atoms with Crippen molar-refractivity contribution < 1.29 is 43.9 Å². The second-order valence-corrected chi connectivity index (χ2v) is 15.8. The van der Waals surface area contributed by atoms with Crippen molar-refractivity contribution in [2.24, 2.45) is 0 Å². The molecule has 22 heteroatoms. The molecule has 6 rings (SSSR count). The van der Waals surface area contributed by atoms with Gasteiger partial charge < -0.3 is 10.1 Å². The van der Waals surface area contributed by atoms with Gasteiger partial charge in [0.05, 0.1) is 48.3 Å². The van der Waals surface area contributed by atoms with E-state index in [1.807, 2.05) is 0 Å². The highest BCUT2D eigenvalue weighted by atomic mass is 32.2. The molecule has 0 bridgehead atoms. The Morgan fingerprint density at radius 2 is 1.31 bits per heavy atom. The quantitative estimate of drug-likeness (QED) is 0.263. The van der Waals surface area contributed by atoms with E-state index in [9.17, 15) is 39.2 Å². The van der Waals surface area contributed by atoms with E-state index < -0.39 is 57.7 Å². The lowest BCUT2D eigenvalue weighted by Crippen LogP contribution is -2.33. The van der Waals surface area contributed by atoms with Crippen LogP contribution in [0.1, 0.15) is 54.7 Å². The number of amides is 1. The first-order valence-electron chi connectivity index (χ1n) is 14.7. The van der Waals surface area contributed by atoms with E-state index >= 15 is 0 Å². The van der Waals surface area contributed by atoms with E-state index in [4.69, 9.17) is 4.74 Å². The Morgan fingerprint density at radius 3 is 1.76 bits per heavy atom. The normalized spacial score (nSPS) is 14.7. The number of hydrogen-bond acceptors (Lipinski definition) is 11. The summed E-state index contributed by atoms with van der Waals surface area (Å²) in [6.45, 7) is 8.15. The van der Waals surface area contributed by atoms with Gasteiger partial charge in [0.25, 0.3) is 32.9 Å². The first kappa shape index (κ1) is 36.0. The monoisotopic (exact) mass is 734 g/mol. The number of aromatic nitrogens is 8. The van der Waals surface area contributed by atoms with Crippen molar-refractivity contribution in [3.05, 3.63) is 58.7 Å². The second-order valence-electron chi connectivity index (χ2n) is 12.2. The fourth-order valence-electron chi connectivity index (χ4n) is 5.06. The highest BCUT2D eigenvalue weighted by molar-refractivity contribution is 7.90. The van der Waals surface area contributed by atoms with E-state index in [-0.39, 0.29) is 34.3 Å². The highest BCUT2D eigenvalue weighted by Crippen LogP contribution is 2.27. The molecule has 0 aliphatic carbocycles. The van der Waals surface area contributed by atoms with Crippen LogP contribution in [0.3, 0.4) is 0 Å². The van der Waals surface area contributed by atoms with Crippen LogP contribution in [-0.4, -0.2) is 84.2 Å². The van der Waals surface area contributed by atoms with Crippen LogP contribution in [-0.2, 0) is 64.1 Å². The summed E-state index contributed by atoms with van der Waals surface area (Å²) in [7, 11) is -8.00. The maximum Gasteiger partial charge on any atom is 0.410 e. The van der Waals surface area contributed by atoms with E-state index in [1.165, 1.54) is 31.1 Å². The maximum absolute atomic E-state index is 12.8. The third-order valence-electron chi connectivity index (χ3n) is 7.46. The molecule has 6 heterocycles. The standard InChI is InChI=1S/C16H21F2N5O4S.C11H13F2N5O2S/c1-10-13(5-19-22(10)9-14(17)18)28(25,26)23-7-11-6-21(8-12(11)20-23)15(24)27-16(2,3)4;1-7-10(4-15-17(7)6-11(12)13)21(19,20)18-5-8-2-14-3-9(8)16-18/h5,7,14H,6,8-9H2,1-4H3;4-5,11,14H,2-3,6H2,1H3. The fourth-order valence-corrected chi connectivity index (χ4v) is 7.72. The molecule has 0 unspecified atom stereocenters. The Balaban J connectivity index is 0.000000199. The predicted octanol–water partition coefficient (Wildman–Crippen LogP) is 2.63. The molecule has 0 radical (unpaired) electrons. The van der Waals surface area contributed by atoms with Crippen molar-refractivity contribution in [3.63, 3.8) is 0 Å². The Bertz CT molecular complexity index is 2040. The SMILES string of the molecule is Cc1c(S(=O)(=O)n2cc3c(n2)CN(C(=O)OC(C)(C)C)C3)cnn1CC(F)F.Cc1c(S(=O)(=O)n2cc3c(n2)CNC3)cnn1CC(F)F. The number of rotatable bonds is 8. The predicted molar refractivity (Wildman–Crippen MR) is 162 cm³/mol. The molecular formula is C27H34F4N10O6S2. The number of carbonyl (C=O) groups excluding carboxylic acids is 1. The average Bonchev–Trinajstić information content (AvgIpc) is 3.79. The van der Waals surface area contributed by atoms with Gasteiger partial charge in [-0.05, 0) is 34.6 Å². The van der Waals surface area contributed by atoms with Gasteiger partial charge >= 0.3 is 6.09 Å². The number of hydrogen-bond donors (Lipinski definition) is 1. The number of nitrogens with zero attached hydrogens (tertiary/aromatic N) is 9. The second kappa shape index (κ2) is 13.2. The molecule has 268 valence electrons. The number of carbonyl (C=O) groups is 1. The van der Waals surface area contributed by atoms with Crippen LogP contribution < -0.4 is 5.32 Å². The molecule has 4 aromatic heterocycles. The zero-order valence-corrected chi connectivity index (χ0v) is 28.6. The first-order valence-corrected chi connectivity index (χ1v) is 17.6. The maximum atomic E-state index is 12.8. The van der Waals surface area contributed by atoms with E-state index in [0.717, 1.165) is 35.5 Å². The van der Waals surface area contributed by atoms with Gasteiger partial charge in [-0.3, -0.25) is 14.3 Å². The van der Waals surface area contributed by atoms with Gasteiger partial charge in [-0.25, -0.2) is 22.4 Å². The lowest BCUT2D eigenvalue weighted by Gasteiger charge is -2.24. The molecular weight excluding hydrogens is 700 g/mol. The van der Waals surface area contributed by atoms with Gasteiger partial charge in [-0.2, -0.15) is 45.4 Å². The van der Waals surface area contributed by atoms with Crippen molar-refractivity contribution in [2.75, 3.05) is 0 Å². The Morgan fingerprint density at radius 1 is 0.816 bits per heavy atom. The smallest absolute Gasteiger partial charge is 0.410 e. The van der Waals surface area contributed by atoms with Crippen LogP contribution >= 0.6 is 0 Å². The molecule has 0 saturated heterocycles. The summed E-state index contributed by atoms with van der Waals surface area (Å²) in [6.07, 6.45) is -0.887. The van der Waals surface area contributed by atoms with Gasteiger partial charge in [-0.1, -0.05) is 0 Å². The van der Waals surface area contributed by atoms with Gasteiger partial charge in [-0.15, -0.1) is 0 Å². The molecule has 49 heavy (non-hydrogen) atoms. The van der Waals surface area contributed by atoms with Crippen LogP contribution in [0, 0.1) is 13.8 Å². The minimum Gasteiger partial charge on any atom is -0.444 e.